The zero-order chi connectivity index (χ0) is 8.77. The van der Waals surface area contributed by atoms with Gasteiger partial charge in [0.1, 0.15) is 0 Å². The third-order valence-electron chi connectivity index (χ3n) is 3.19. The first-order valence-electron chi connectivity index (χ1n) is 4.48. The summed E-state index contributed by atoms with van der Waals surface area (Å²) in [7, 11) is -2.78. The van der Waals surface area contributed by atoms with Crippen LogP contribution in [0.25, 0.3) is 0 Å². The zero-order valence-corrected chi connectivity index (χ0v) is 7.76. The van der Waals surface area contributed by atoms with Crippen LogP contribution in [0, 0.1) is 5.92 Å². The second-order valence-corrected chi connectivity index (χ2v) is 6.44. The summed E-state index contributed by atoms with van der Waals surface area (Å²) in [5.74, 6) is 0.242. The van der Waals surface area contributed by atoms with Crippen LogP contribution >= 0.6 is 0 Å². The summed E-state index contributed by atoms with van der Waals surface area (Å²) in [5.41, 5.74) is 0. The largest absolute Gasteiger partial charge is 0.396 e. The summed E-state index contributed by atoms with van der Waals surface area (Å²) in [4.78, 5) is 0. The van der Waals surface area contributed by atoms with E-state index in [1.54, 1.807) is 0 Å². The lowest BCUT2D eigenvalue weighted by atomic mass is 10.0. The molecule has 2 bridgehead atoms. The smallest absolute Gasteiger partial charge is 0.156 e. The number of sulfone groups is 1. The Labute approximate surface area is 72.7 Å². The molecular formula is C8H14O3S. The van der Waals surface area contributed by atoms with Crippen molar-refractivity contribution in [2.24, 2.45) is 5.92 Å². The van der Waals surface area contributed by atoms with Crippen molar-refractivity contribution in [2.45, 2.75) is 36.2 Å². The summed E-state index contributed by atoms with van der Waals surface area (Å²) < 4.78 is 23.1. The Morgan fingerprint density at radius 3 is 2.08 bits per heavy atom. The molecule has 0 spiro atoms. The van der Waals surface area contributed by atoms with Crippen molar-refractivity contribution in [3.8, 4) is 0 Å². The van der Waals surface area contributed by atoms with E-state index in [9.17, 15) is 8.42 Å². The third kappa shape index (κ3) is 1.09. The average molecular weight is 190 g/mol. The van der Waals surface area contributed by atoms with Crippen LogP contribution in [-0.2, 0) is 9.84 Å². The van der Waals surface area contributed by atoms with Gasteiger partial charge in [0, 0.05) is 6.61 Å². The van der Waals surface area contributed by atoms with Gasteiger partial charge in [-0.25, -0.2) is 8.42 Å². The fourth-order valence-corrected chi connectivity index (χ4v) is 5.02. The van der Waals surface area contributed by atoms with E-state index in [0.29, 0.717) is 12.8 Å². The maximum Gasteiger partial charge on any atom is 0.156 e. The maximum absolute atomic E-state index is 11.6. The molecule has 0 aliphatic carbocycles. The molecule has 3 nitrogen and oxygen atoms in total. The molecule has 0 aromatic heterocycles. The van der Waals surface area contributed by atoms with E-state index >= 15 is 0 Å². The van der Waals surface area contributed by atoms with Gasteiger partial charge in [0.2, 0.25) is 0 Å². The van der Waals surface area contributed by atoms with Crippen LogP contribution in [0.1, 0.15) is 25.7 Å². The standard InChI is InChI=1S/C8H14O3S/c9-5-6-3-7-1-2-8(4-6)12(7,10)11/h6-9H,1-5H2. The van der Waals surface area contributed by atoms with Gasteiger partial charge in [-0.1, -0.05) is 0 Å². The monoisotopic (exact) mass is 190 g/mol. The fourth-order valence-electron chi connectivity index (χ4n) is 2.47. The molecule has 0 aromatic rings. The lowest BCUT2D eigenvalue weighted by molar-refractivity contribution is 0.209. The highest BCUT2D eigenvalue weighted by Crippen LogP contribution is 2.40. The molecule has 2 saturated heterocycles. The highest BCUT2D eigenvalue weighted by molar-refractivity contribution is 7.93. The fraction of sp³-hybridized carbons (Fsp3) is 1.00. The van der Waals surface area contributed by atoms with E-state index < -0.39 is 9.84 Å². The number of fused-ring (bicyclic) bond motifs is 2. The second-order valence-electron chi connectivity index (χ2n) is 3.93. The Balaban J connectivity index is 2.23. The van der Waals surface area contributed by atoms with Crippen molar-refractivity contribution in [1.29, 1.82) is 0 Å². The van der Waals surface area contributed by atoms with Crippen molar-refractivity contribution < 1.29 is 13.5 Å². The minimum Gasteiger partial charge on any atom is -0.396 e. The molecule has 0 radical (unpaired) electrons. The van der Waals surface area contributed by atoms with Gasteiger partial charge >= 0.3 is 0 Å². The van der Waals surface area contributed by atoms with E-state index in [1.165, 1.54) is 0 Å². The maximum atomic E-state index is 11.6. The molecule has 2 heterocycles. The van der Waals surface area contributed by atoms with E-state index in [4.69, 9.17) is 5.11 Å². The Morgan fingerprint density at radius 2 is 1.67 bits per heavy atom. The number of hydrogen-bond acceptors (Lipinski definition) is 3. The molecule has 2 aliphatic heterocycles. The van der Waals surface area contributed by atoms with Crippen LogP contribution < -0.4 is 0 Å². The van der Waals surface area contributed by atoms with Crippen molar-refractivity contribution in [2.75, 3.05) is 6.61 Å². The van der Waals surface area contributed by atoms with Crippen LogP contribution in [0.3, 0.4) is 0 Å². The highest BCUT2D eigenvalue weighted by Gasteiger charge is 2.46. The van der Waals surface area contributed by atoms with Gasteiger partial charge in [0.15, 0.2) is 9.84 Å². The SMILES string of the molecule is O=S1(=O)C2CCC1CC(CO)C2. The number of aliphatic hydroxyl groups excluding tert-OH is 1. The van der Waals surface area contributed by atoms with E-state index in [0.717, 1.165) is 12.8 Å². The molecule has 0 saturated carbocycles. The van der Waals surface area contributed by atoms with Gasteiger partial charge in [-0.15, -0.1) is 0 Å². The quantitative estimate of drug-likeness (QED) is 0.648. The Hall–Kier alpha value is -0.0900. The lowest BCUT2D eigenvalue weighted by Crippen LogP contribution is -2.34. The normalized spacial score (nSPS) is 44.6. The van der Waals surface area contributed by atoms with E-state index in [2.05, 4.69) is 0 Å². The molecule has 12 heavy (non-hydrogen) atoms. The number of aliphatic hydroxyl groups is 1. The molecule has 2 rings (SSSR count). The van der Waals surface area contributed by atoms with Gasteiger partial charge in [-0.3, -0.25) is 0 Å². The first-order valence-corrected chi connectivity index (χ1v) is 6.09. The predicted molar refractivity (Wildman–Crippen MR) is 45.5 cm³/mol. The minimum absolute atomic E-state index is 0.131. The molecule has 2 unspecified atom stereocenters. The van der Waals surface area contributed by atoms with Crippen molar-refractivity contribution in [3.05, 3.63) is 0 Å². The number of rotatable bonds is 1. The van der Waals surface area contributed by atoms with Crippen molar-refractivity contribution >= 4 is 9.84 Å². The molecule has 1 N–H and O–H groups in total. The average Bonchev–Trinajstić information content (AvgIpc) is 2.29. The van der Waals surface area contributed by atoms with E-state index in [1.807, 2.05) is 0 Å². The van der Waals surface area contributed by atoms with Crippen molar-refractivity contribution in [3.63, 3.8) is 0 Å². The first kappa shape index (κ1) is 8.51. The Bertz CT molecular complexity index is 250. The minimum atomic E-state index is -2.78. The second kappa shape index (κ2) is 2.70. The van der Waals surface area contributed by atoms with Gasteiger partial charge in [-0.05, 0) is 31.6 Å². The Morgan fingerprint density at radius 1 is 1.17 bits per heavy atom. The summed E-state index contributed by atoms with van der Waals surface area (Å²) in [5, 5.41) is 8.67. The third-order valence-corrected chi connectivity index (χ3v) is 5.91. The van der Waals surface area contributed by atoms with Crippen LogP contribution in [-0.4, -0.2) is 30.6 Å². The molecule has 4 heteroatoms. The molecular weight excluding hydrogens is 176 g/mol. The summed E-state index contributed by atoms with van der Waals surface area (Å²) in [6.07, 6.45) is 3.03. The van der Waals surface area contributed by atoms with Gasteiger partial charge < -0.3 is 5.11 Å². The van der Waals surface area contributed by atoms with Gasteiger partial charge in [0.25, 0.3) is 0 Å². The highest BCUT2D eigenvalue weighted by atomic mass is 32.2. The van der Waals surface area contributed by atoms with Crippen LogP contribution in [0.5, 0.6) is 0 Å². The molecule has 2 fully saturated rings. The zero-order valence-electron chi connectivity index (χ0n) is 6.94. The summed E-state index contributed by atoms with van der Waals surface area (Å²) in [6, 6.07) is 0. The van der Waals surface area contributed by atoms with Crippen molar-refractivity contribution in [1.82, 2.24) is 0 Å². The summed E-state index contributed by atoms with van der Waals surface area (Å²) in [6.45, 7) is 0.155. The molecule has 0 aromatic carbocycles. The van der Waals surface area contributed by atoms with Gasteiger partial charge in [-0.2, -0.15) is 0 Å². The van der Waals surface area contributed by atoms with E-state index in [-0.39, 0.29) is 23.0 Å². The summed E-state index contributed by atoms with van der Waals surface area (Å²) >= 11 is 0. The number of hydrogen-bond donors (Lipinski definition) is 1. The molecule has 2 atom stereocenters. The molecule has 2 aliphatic rings. The first-order chi connectivity index (χ1) is 5.64. The predicted octanol–water partition coefficient (Wildman–Crippen LogP) is 0.334. The van der Waals surface area contributed by atoms with Crippen LogP contribution in [0.2, 0.25) is 0 Å². The molecule has 0 amide bonds. The lowest BCUT2D eigenvalue weighted by Gasteiger charge is -2.26. The van der Waals surface area contributed by atoms with Crippen LogP contribution in [0.4, 0.5) is 0 Å². The topological polar surface area (TPSA) is 54.4 Å². The van der Waals surface area contributed by atoms with Gasteiger partial charge in [0.05, 0.1) is 10.5 Å². The Kier molecular flexibility index (Phi) is 1.92. The molecule has 70 valence electrons. The van der Waals surface area contributed by atoms with Crippen LogP contribution in [0.15, 0.2) is 0 Å².